The molecule has 0 aliphatic rings. The molecule has 1 amide bonds. The average molecular weight is 529 g/mol. The van der Waals surface area contributed by atoms with Gasteiger partial charge in [0.25, 0.3) is 0 Å². The lowest BCUT2D eigenvalue weighted by molar-refractivity contribution is 0.0529. The van der Waals surface area contributed by atoms with Crippen molar-refractivity contribution in [2.75, 3.05) is 19.6 Å². The summed E-state index contributed by atoms with van der Waals surface area (Å²) in [6.45, 7) is 10.5. The molecule has 1 heterocycles. The smallest absolute Gasteiger partial charge is 0.407 e. The van der Waals surface area contributed by atoms with E-state index in [1.807, 2.05) is 39.8 Å². The van der Waals surface area contributed by atoms with E-state index >= 15 is 0 Å². The lowest BCUT2D eigenvalue weighted by atomic mass is 10.1. The molecule has 0 aliphatic carbocycles. The van der Waals surface area contributed by atoms with Gasteiger partial charge in [-0.2, -0.15) is 5.10 Å². The molecule has 2 aromatic rings. The van der Waals surface area contributed by atoms with Gasteiger partial charge >= 0.3 is 6.09 Å². The van der Waals surface area contributed by atoms with Gasteiger partial charge in [-0.25, -0.2) is 19.5 Å². The molecule has 0 fully saturated rings. The maximum Gasteiger partial charge on any atom is 0.407 e. The van der Waals surface area contributed by atoms with Gasteiger partial charge in [-0.1, -0.05) is 24.3 Å². The normalized spacial score (nSPS) is 11.4. The standard InChI is InChI=1S/C20H31N7O2.HI/c1-5-22-18(23-9-10-24-19(28)29-20(2,3)4)25-12-16-7-6-8-17(11-16)13-27-15-21-14-26-27;/h6-8,11,14-15H,5,9-10,12-13H2,1-4H3,(H,24,28)(H2,22,23,25);1H. The summed E-state index contributed by atoms with van der Waals surface area (Å²) in [5.41, 5.74) is 1.74. The summed E-state index contributed by atoms with van der Waals surface area (Å²) in [6.07, 6.45) is 2.80. The van der Waals surface area contributed by atoms with E-state index in [-0.39, 0.29) is 24.0 Å². The van der Waals surface area contributed by atoms with Crippen molar-refractivity contribution in [2.45, 2.75) is 46.4 Å². The van der Waals surface area contributed by atoms with Gasteiger partial charge in [0.15, 0.2) is 5.96 Å². The minimum absolute atomic E-state index is 0. The van der Waals surface area contributed by atoms with E-state index in [0.717, 1.165) is 17.7 Å². The SMILES string of the molecule is CCNC(=NCc1cccc(Cn2cncn2)c1)NCCNC(=O)OC(C)(C)C.I. The number of carbonyl (C=O) groups is 1. The van der Waals surface area contributed by atoms with Crippen molar-refractivity contribution in [1.29, 1.82) is 0 Å². The van der Waals surface area contributed by atoms with E-state index in [0.29, 0.717) is 32.1 Å². The highest BCUT2D eigenvalue weighted by atomic mass is 127. The van der Waals surface area contributed by atoms with Gasteiger partial charge in [0.1, 0.15) is 18.3 Å². The van der Waals surface area contributed by atoms with Crippen LogP contribution in [0.25, 0.3) is 0 Å². The Morgan fingerprint density at radius 1 is 1.17 bits per heavy atom. The van der Waals surface area contributed by atoms with Crippen LogP contribution in [-0.4, -0.2) is 52.1 Å². The number of aliphatic imine (C=N–C) groups is 1. The number of hydrogen-bond donors (Lipinski definition) is 3. The molecule has 0 atom stereocenters. The second-order valence-electron chi connectivity index (χ2n) is 7.46. The molecule has 0 saturated heterocycles. The number of aromatic nitrogens is 3. The van der Waals surface area contributed by atoms with Crippen molar-refractivity contribution in [3.8, 4) is 0 Å². The van der Waals surface area contributed by atoms with Crippen LogP contribution in [0, 0.1) is 0 Å². The van der Waals surface area contributed by atoms with Gasteiger partial charge in [0.05, 0.1) is 13.1 Å². The zero-order valence-electron chi connectivity index (χ0n) is 18.0. The molecule has 2 rings (SSSR count). The van der Waals surface area contributed by atoms with Gasteiger partial charge in [-0.3, -0.25) is 0 Å². The minimum atomic E-state index is -0.504. The van der Waals surface area contributed by atoms with Gasteiger partial charge in [-0.15, -0.1) is 24.0 Å². The van der Waals surface area contributed by atoms with Gasteiger partial charge in [0, 0.05) is 19.6 Å². The number of nitrogens with zero attached hydrogens (tertiary/aromatic N) is 4. The van der Waals surface area contributed by atoms with Crippen LogP contribution in [0.1, 0.15) is 38.8 Å². The molecule has 30 heavy (non-hydrogen) atoms. The Morgan fingerprint density at radius 3 is 2.57 bits per heavy atom. The first-order chi connectivity index (χ1) is 13.9. The topological polar surface area (TPSA) is 105 Å². The fourth-order valence-electron chi connectivity index (χ4n) is 2.50. The first-order valence-electron chi connectivity index (χ1n) is 9.75. The van der Waals surface area contributed by atoms with Crippen LogP contribution in [0.5, 0.6) is 0 Å². The predicted molar refractivity (Wildman–Crippen MR) is 128 cm³/mol. The predicted octanol–water partition coefficient (Wildman–Crippen LogP) is 2.52. The van der Waals surface area contributed by atoms with Gasteiger partial charge in [0.2, 0.25) is 0 Å². The molecule has 0 bridgehead atoms. The summed E-state index contributed by atoms with van der Waals surface area (Å²) in [5.74, 6) is 0.695. The van der Waals surface area contributed by atoms with Crippen molar-refractivity contribution in [2.24, 2.45) is 4.99 Å². The number of nitrogens with one attached hydrogen (secondary N) is 3. The minimum Gasteiger partial charge on any atom is -0.444 e. The lowest BCUT2D eigenvalue weighted by Gasteiger charge is -2.19. The summed E-state index contributed by atoms with van der Waals surface area (Å²) in [7, 11) is 0. The number of ether oxygens (including phenoxy) is 1. The van der Waals surface area contributed by atoms with Crippen LogP contribution < -0.4 is 16.0 Å². The second-order valence-corrected chi connectivity index (χ2v) is 7.46. The Balaban J connectivity index is 0.00000450. The number of hydrogen-bond acceptors (Lipinski definition) is 5. The summed E-state index contributed by atoms with van der Waals surface area (Å²) >= 11 is 0. The Hall–Kier alpha value is -2.37. The third-order valence-corrected chi connectivity index (χ3v) is 3.65. The first-order valence-corrected chi connectivity index (χ1v) is 9.75. The molecule has 0 saturated carbocycles. The third kappa shape index (κ3) is 10.4. The average Bonchev–Trinajstić information content (AvgIpc) is 3.15. The molecular weight excluding hydrogens is 497 g/mol. The molecule has 0 unspecified atom stereocenters. The highest BCUT2D eigenvalue weighted by Crippen LogP contribution is 2.08. The van der Waals surface area contributed by atoms with Gasteiger partial charge in [-0.05, 0) is 38.8 Å². The van der Waals surface area contributed by atoms with Crippen molar-refractivity contribution in [1.82, 2.24) is 30.7 Å². The van der Waals surface area contributed by atoms with Crippen molar-refractivity contribution in [3.05, 3.63) is 48.0 Å². The highest BCUT2D eigenvalue weighted by Gasteiger charge is 2.15. The van der Waals surface area contributed by atoms with Crippen LogP contribution in [0.15, 0.2) is 41.9 Å². The fraction of sp³-hybridized carbons (Fsp3) is 0.500. The van der Waals surface area contributed by atoms with Crippen LogP contribution in [0.2, 0.25) is 0 Å². The van der Waals surface area contributed by atoms with Crippen molar-refractivity contribution >= 4 is 36.0 Å². The number of amides is 1. The molecule has 10 heteroatoms. The van der Waals surface area contributed by atoms with Crippen LogP contribution in [0.3, 0.4) is 0 Å². The molecule has 0 aliphatic heterocycles. The molecular formula is C20H32IN7O2. The van der Waals surface area contributed by atoms with E-state index in [4.69, 9.17) is 4.74 Å². The molecule has 0 spiro atoms. The lowest BCUT2D eigenvalue weighted by Crippen LogP contribution is -2.42. The summed E-state index contributed by atoms with van der Waals surface area (Å²) < 4.78 is 7.00. The zero-order chi connectivity index (χ0) is 21.1. The summed E-state index contributed by atoms with van der Waals surface area (Å²) in [6, 6.07) is 8.23. The Bertz CT molecular complexity index is 789. The Labute approximate surface area is 195 Å². The zero-order valence-corrected chi connectivity index (χ0v) is 20.3. The number of guanidine groups is 1. The Morgan fingerprint density at radius 2 is 1.90 bits per heavy atom. The molecule has 166 valence electrons. The highest BCUT2D eigenvalue weighted by molar-refractivity contribution is 14.0. The van der Waals surface area contributed by atoms with E-state index in [1.165, 1.54) is 6.33 Å². The maximum absolute atomic E-state index is 11.7. The maximum atomic E-state index is 11.7. The van der Waals surface area contributed by atoms with E-state index < -0.39 is 11.7 Å². The van der Waals surface area contributed by atoms with E-state index in [9.17, 15) is 4.79 Å². The van der Waals surface area contributed by atoms with Crippen LogP contribution in [-0.2, 0) is 17.8 Å². The Kier molecular flexibility index (Phi) is 11.2. The molecule has 0 radical (unpaired) electrons. The van der Waals surface area contributed by atoms with Crippen molar-refractivity contribution < 1.29 is 9.53 Å². The molecule has 9 nitrogen and oxygen atoms in total. The number of halogens is 1. The number of benzene rings is 1. The molecule has 1 aromatic carbocycles. The molecule has 1 aromatic heterocycles. The second kappa shape index (κ2) is 13.0. The number of rotatable bonds is 8. The van der Waals surface area contributed by atoms with Crippen LogP contribution >= 0.6 is 24.0 Å². The molecule has 3 N–H and O–H groups in total. The fourth-order valence-corrected chi connectivity index (χ4v) is 2.50. The quantitative estimate of drug-likeness (QED) is 0.210. The largest absolute Gasteiger partial charge is 0.444 e. The monoisotopic (exact) mass is 529 g/mol. The van der Waals surface area contributed by atoms with Crippen LogP contribution in [0.4, 0.5) is 4.79 Å². The van der Waals surface area contributed by atoms with E-state index in [2.05, 4.69) is 43.2 Å². The van der Waals surface area contributed by atoms with Crippen molar-refractivity contribution in [3.63, 3.8) is 0 Å². The third-order valence-electron chi connectivity index (χ3n) is 3.65. The summed E-state index contributed by atoms with van der Waals surface area (Å²) in [4.78, 5) is 20.2. The summed E-state index contributed by atoms with van der Waals surface area (Å²) in [5, 5.41) is 13.3. The first kappa shape index (κ1) is 25.7. The van der Waals surface area contributed by atoms with Gasteiger partial charge < -0.3 is 20.7 Å². The van der Waals surface area contributed by atoms with E-state index in [1.54, 1.807) is 11.0 Å². The number of alkyl carbamates (subject to hydrolysis) is 1. The number of carbonyl (C=O) groups excluding carboxylic acids is 1.